The topological polar surface area (TPSA) is 104 Å². The Morgan fingerprint density at radius 2 is 1.96 bits per heavy atom. The van der Waals surface area contributed by atoms with Crippen molar-refractivity contribution in [3.8, 4) is 0 Å². The smallest absolute Gasteiger partial charge is 0.307 e. The molecule has 2 atom stereocenters. The maximum absolute atomic E-state index is 12.4. The third-order valence-corrected chi connectivity index (χ3v) is 7.00. The first kappa shape index (κ1) is 17.7. The van der Waals surface area contributed by atoms with Crippen LogP contribution in [0.5, 0.6) is 0 Å². The summed E-state index contributed by atoms with van der Waals surface area (Å²) in [4.78, 5) is 23.6. The number of nitrogens with zero attached hydrogens (tertiary/aromatic N) is 1. The molecule has 0 unspecified atom stereocenters. The molecule has 1 aliphatic heterocycles. The van der Waals surface area contributed by atoms with Crippen LogP contribution >= 0.6 is 0 Å². The van der Waals surface area contributed by atoms with Gasteiger partial charge in [-0.3, -0.25) is 13.9 Å². The number of rotatable bonds is 4. The van der Waals surface area contributed by atoms with Gasteiger partial charge >= 0.3 is 5.97 Å². The Labute approximate surface area is 147 Å². The van der Waals surface area contributed by atoms with Gasteiger partial charge in [0.05, 0.1) is 23.3 Å². The van der Waals surface area contributed by atoms with E-state index in [2.05, 4.69) is 5.32 Å². The Balaban J connectivity index is 1.77. The molecule has 1 saturated carbocycles. The fraction of sp³-hybridized carbons (Fsp3) is 0.529. The van der Waals surface area contributed by atoms with Gasteiger partial charge in [-0.1, -0.05) is 19.9 Å². The molecule has 1 aliphatic carbocycles. The zero-order valence-electron chi connectivity index (χ0n) is 14.2. The van der Waals surface area contributed by atoms with E-state index in [-0.39, 0.29) is 11.7 Å². The minimum Gasteiger partial charge on any atom is -0.481 e. The first-order chi connectivity index (χ1) is 11.6. The number of carbonyl (C=O) groups excluding carboxylic acids is 1. The minimum absolute atomic E-state index is 0.125. The molecule has 0 spiro atoms. The summed E-state index contributed by atoms with van der Waals surface area (Å²) in [6, 6.07) is 6.66. The van der Waals surface area contributed by atoms with E-state index >= 15 is 0 Å². The first-order valence-electron chi connectivity index (χ1n) is 8.29. The summed E-state index contributed by atoms with van der Waals surface area (Å²) in [6.07, 6.45) is 1.45. The van der Waals surface area contributed by atoms with Crippen LogP contribution < -0.4 is 9.62 Å². The van der Waals surface area contributed by atoms with Gasteiger partial charge in [0.15, 0.2) is 0 Å². The third kappa shape index (κ3) is 3.22. The zero-order chi connectivity index (χ0) is 18.4. The number of nitrogens with one attached hydrogen (secondary N) is 1. The Morgan fingerprint density at radius 3 is 2.56 bits per heavy atom. The van der Waals surface area contributed by atoms with Gasteiger partial charge in [-0.25, -0.2) is 8.42 Å². The lowest BCUT2D eigenvalue weighted by atomic mass is 10.1. The number of hydrogen-bond donors (Lipinski definition) is 2. The molecule has 25 heavy (non-hydrogen) atoms. The van der Waals surface area contributed by atoms with Crippen LogP contribution in [-0.4, -0.2) is 37.7 Å². The van der Waals surface area contributed by atoms with Crippen LogP contribution in [0, 0.1) is 17.3 Å². The van der Waals surface area contributed by atoms with Crippen molar-refractivity contribution in [1.29, 1.82) is 0 Å². The van der Waals surface area contributed by atoms with Gasteiger partial charge in [-0.15, -0.1) is 0 Å². The fourth-order valence-electron chi connectivity index (χ4n) is 3.63. The largest absolute Gasteiger partial charge is 0.481 e. The van der Waals surface area contributed by atoms with Crippen LogP contribution in [-0.2, 0) is 19.6 Å². The first-order valence-corrected chi connectivity index (χ1v) is 9.89. The lowest BCUT2D eigenvalue weighted by molar-refractivity contribution is -0.140. The van der Waals surface area contributed by atoms with E-state index in [1.165, 1.54) is 4.31 Å². The van der Waals surface area contributed by atoms with Gasteiger partial charge in [-0.05, 0) is 36.5 Å². The van der Waals surface area contributed by atoms with E-state index in [1.807, 2.05) is 0 Å². The molecular formula is C17H22N2O5S. The van der Waals surface area contributed by atoms with Crippen molar-refractivity contribution in [1.82, 2.24) is 0 Å². The number of aliphatic carboxylic acids is 1. The van der Waals surface area contributed by atoms with Crippen molar-refractivity contribution >= 4 is 33.3 Å². The fourth-order valence-corrected chi connectivity index (χ4v) is 5.26. The Hall–Kier alpha value is -2.09. The number of amides is 1. The van der Waals surface area contributed by atoms with Crippen LogP contribution in [0.1, 0.15) is 26.7 Å². The van der Waals surface area contributed by atoms with Crippen LogP contribution in [0.3, 0.4) is 0 Å². The molecule has 1 aromatic rings. The molecule has 1 aromatic carbocycles. The molecule has 2 N–H and O–H groups in total. The van der Waals surface area contributed by atoms with Crippen molar-refractivity contribution in [2.45, 2.75) is 26.7 Å². The Morgan fingerprint density at radius 1 is 1.24 bits per heavy atom. The van der Waals surface area contributed by atoms with Crippen molar-refractivity contribution < 1.29 is 23.1 Å². The van der Waals surface area contributed by atoms with Crippen molar-refractivity contribution in [3.63, 3.8) is 0 Å². The predicted octanol–water partition coefficient (Wildman–Crippen LogP) is 1.91. The zero-order valence-corrected chi connectivity index (χ0v) is 15.0. The molecule has 7 nitrogen and oxygen atoms in total. The van der Waals surface area contributed by atoms with E-state index in [0.29, 0.717) is 24.3 Å². The summed E-state index contributed by atoms with van der Waals surface area (Å²) < 4.78 is 25.8. The number of benzene rings is 1. The SMILES string of the molecule is CC1(C)[C@@H](C(=O)O)[C@@H]1C(=O)Nc1cccc(N2CCCCS2(=O)=O)c1. The van der Waals surface area contributed by atoms with Crippen molar-refractivity contribution in [2.24, 2.45) is 17.3 Å². The number of carbonyl (C=O) groups is 2. The standard InChI is InChI=1S/C17H22N2O5S/c1-17(2)13(14(17)16(21)22)15(20)18-11-6-5-7-12(10-11)19-8-3-4-9-25(19,23)24/h5-7,10,13-14H,3-4,8-9H2,1-2H3,(H,18,20)(H,21,22)/t13-,14-/m1/s1. The highest BCUT2D eigenvalue weighted by molar-refractivity contribution is 7.92. The van der Waals surface area contributed by atoms with Crippen molar-refractivity contribution in [2.75, 3.05) is 21.9 Å². The third-order valence-electron chi connectivity index (χ3n) is 5.13. The number of anilines is 2. The second-order valence-electron chi connectivity index (χ2n) is 7.25. The molecular weight excluding hydrogens is 344 g/mol. The summed E-state index contributed by atoms with van der Waals surface area (Å²) >= 11 is 0. The van der Waals surface area contributed by atoms with Gasteiger partial charge in [0, 0.05) is 12.2 Å². The quantitative estimate of drug-likeness (QED) is 0.847. The van der Waals surface area contributed by atoms with Crippen LogP contribution in [0.2, 0.25) is 0 Å². The summed E-state index contributed by atoms with van der Waals surface area (Å²) in [5.41, 5.74) is 0.404. The van der Waals surface area contributed by atoms with Crippen LogP contribution in [0.25, 0.3) is 0 Å². The van der Waals surface area contributed by atoms with E-state index < -0.39 is 33.2 Å². The lowest BCUT2D eigenvalue weighted by Gasteiger charge is -2.28. The molecule has 136 valence electrons. The van der Waals surface area contributed by atoms with E-state index in [9.17, 15) is 23.1 Å². The summed E-state index contributed by atoms with van der Waals surface area (Å²) in [7, 11) is -3.32. The maximum Gasteiger partial charge on any atom is 0.307 e. The number of carboxylic acid groups (broad SMARTS) is 1. The highest BCUT2D eigenvalue weighted by atomic mass is 32.2. The molecule has 0 bridgehead atoms. The molecule has 1 heterocycles. The summed E-state index contributed by atoms with van der Waals surface area (Å²) in [5.74, 6) is -2.49. The van der Waals surface area contributed by atoms with Gasteiger partial charge in [0.2, 0.25) is 15.9 Å². The van der Waals surface area contributed by atoms with E-state index in [1.54, 1.807) is 38.1 Å². The van der Waals surface area contributed by atoms with E-state index in [0.717, 1.165) is 6.42 Å². The van der Waals surface area contributed by atoms with Gasteiger partial charge in [-0.2, -0.15) is 0 Å². The molecule has 3 rings (SSSR count). The molecule has 0 aromatic heterocycles. The van der Waals surface area contributed by atoms with Gasteiger partial charge in [0.1, 0.15) is 0 Å². The molecule has 2 fully saturated rings. The Bertz CT molecular complexity index is 818. The monoisotopic (exact) mass is 366 g/mol. The number of carboxylic acids is 1. The maximum atomic E-state index is 12.4. The molecule has 8 heteroatoms. The van der Waals surface area contributed by atoms with Gasteiger partial charge in [0.25, 0.3) is 0 Å². The van der Waals surface area contributed by atoms with Crippen LogP contribution in [0.15, 0.2) is 24.3 Å². The second kappa shape index (κ2) is 6.01. The molecule has 1 saturated heterocycles. The van der Waals surface area contributed by atoms with Crippen LogP contribution in [0.4, 0.5) is 11.4 Å². The highest BCUT2D eigenvalue weighted by Crippen LogP contribution is 2.58. The number of hydrogen-bond acceptors (Lipinski definition) is 4. The van der Waals surface area contributed by atoms with Crippen molar-refractivity contribution in [3.05, 3.63) is 24.3 Å². The second-order valence-corrected chi connectivity index (χ2v) is 9.26. The average Bonchev–Trinajstić information content (AvgIpc) is 3.10. The van der Waals surface area contributed by atoms with Gasteiger partial charge < -0.3 is 10.4 Å². The predicted molar refractivity (Wildman–Crippen MR) is 93.8 cm³/mol. The minimum atomic E-state index is -3.32. The molecule has 1 amide bonds. The molecule has 2 aliphatic rings. The summed E-state index contributed by atoms with van der Waals surface area (Å²) in [5, 5.41) is 11.9. The average molecular weight is 366 g/mol. The lowest BCUT2D eigenvalue weighted by Crippen LogP contribution is -2.37. The number of sulfonamides is 1. The van der Waals surface area contributed by atoms with E-state index in [4.69, 9.17) is 0 Å². The normalized spacial score (nSPS) is 26.7. The highest BCUT2D eigenvalue weighted by Gasteiger charge is 2.65. The Kier molecular flexibility index (Phi) is 4.26. The molecule has 0 radical (unpaired) electrons. The summed E-state index contributed by atoms with van der Waals surface area (Å²) in [6.45, 7) is 3.94.